The summed E-state index contributed by atoms with van der Waals surface area (Å²) in [7, 11) is 0. The molecule has 2 aromatic heterocycles. The molecule has 0 aliphatic carbocycles. The van der Waals surface area contributed by atoms with Crippen LogP contribution in [0.4, 0.5) is 0 Å². The van der Waals surface area contributed by atoms with Gasteiger partial charge in [0.15, 0.2) is 0 Å². The molecule has 6 heteroatoms. The van der Waals surface area contributed by atoms with Crippen molar-refractivity contribution in [1.29, 1.82) is 0 Å². The highest BCUT2D eigenvalue weighted by Gasteiger charge is 2.14. The molecule has 5 nitrogen and oxygen atoms in total. The number of nitrogens with zero attached hydrogens (tertiary/aromatic N) is 1. The molecule has 0 saturated heterocycles. The van der Waals surface area contributed by atoms with Gasteiger partial charge in [-0.15, -0.1) is 11.3 Å². The second kappa shape index (κ2) is 7.98. The second-order valence-electron chi connectivity index (χ2n) is 5.67. The summed E-state index contributed by atoms with van der Waals surface area (Å²) >= 11 is 1.69. The van der Waals surface area contributed by atoms with Crippen LogP contribution in [0.15, 0.2) is 46.3 Å². The second-order valence-corrected chi connectivity index (χ2v) is 6.71. The van der Waals surface area contributed by atoms with Crippen LogP contribution in [0.2, 0.25) is 0 Å². The quantitative estimate of drug-likeness (QED) is 0.697. The van der Waals surface area contributed by atoms with Crippen molar-refractivity contribution in [2.75, 3.05) is 6.54 Å². The van der Waals surface area contributed by atoms with Crippen molar-refractivity contribution in [3.05, 3.63) is 69.2 Å². The summed E-state index contributed by atoms with van der Waals surface area (Å²) < 4.78 is 11.0. The predicted octanol–water partition coefficient (Wildman–Crippen LogP) is 3.90. The van der Waals surface area contributed by atoms with E-state index in [4.69, 9.17) is 9.26 Å². The first kappa shape index (κ1) is 17.2. The van der Waals surface area contributed by atoms with Crippen LogP contribution in [0.1, 0.15) is 32.3 Å². The third-order valence-corrected chi connectivity index (χ3v) is 4.86. The summed E-state index contributed by atoms with van der Waals surface area (Å²) in [4.78, 5) is 13.7. The molecule has 25 heavy (non-hydrogen) atoms. The minimum Gasteiger partial charge on any atom is -0.488 e. The van der Waals surface area contributed by atoms with Gasteiger partial charge in [-0.2, -0.15) is 0 Å². The van der Waals surface area contributed by atoms with E-state index in [0.717, 1.165) is 23.4 Å². The molecule has 1 aromatic carbocycles. The Kier molecular flexibility index (Phi) is 5.50. The van der Waals surface area contributed by atoms with Crippen LogP contribution in [0, 0.1) is 13.8 Å². The number of aryl methyl sites for hydroxylation is 2. The van der Waals surface area contributed by atoms with Gasteiger partial charge in [-0.25, -0.2) is 0 Å². The van der Waals surface area contributed by atoms with E-state index >= 15 is 0 Å². The number of hydrogen-bond donors (Lipinski definition) is 1. The lowest BCUT2D eigenvalue weighted by molar-refractivity contribution is 0.0949. The maximum absolute atomic E-state index is 12.5. The van der Waals surface area contributed by atoms with Gasteiger partial charge in [0.1, 0.15) is 18.1 Å². The van der Waals surface area contributed by atoms with Crippen molar-refractivity contribution in [3.63, 3.8) is 0 Å². The number of thiophene rings is 1. The highest BCUT2D eigenvalue weighted by molar-refractivity contribution is 7.09. The number of hydrogen-bond acceptors (Lipinski definition) is 5. The molecule has 0 aliphatic rings. The van der Waals surface area contributed by atoms with Crippen molar-refractivity contribution in [1.82, 2.24) is 10.5 Å². The van der Waals surface area contributed by atoms with Gasteiger partial charge in [-0.3, -0.25) is 4.79 Å². The smallest absolute Gasteiger partial charge is 0.255 e. The molecular formula is C19H20N2O3S. The van der Waals surface area contributed by atoms with Crippen molar-refractivity contribution in [2.24, 2.45) is 0 Å². The number of ether oxygens (including phenoxy) is 1. The molecule has 1 N–H and O–H groups in total. The fourth-order valence-corrected chi connectivity index (χ4v) is 3.20. The highest BCUT2D eigenvalue weighted by atomic mass is 32.1. The van der Waals surface area contributed by atoms with Crippen LogP contribution >= 0.6 is 11.3 Å². The van der Waals surface area contributed by atoms with E-state index < -0.39 is 0 Å². The van der Waals surface area contributed by atoms with Crippen LogP contribution in [-0.4, -0.2) is 17.6 Å². The zero-order valence-electron chi connectivity index (χ0n) is 14.2. The zero-order valence-corrected chi connectivity index (χ0v) is 15.1. The first-order chi connectivity index (χ1) is 12.1. The monoisotopic (exact) mass is 356 g/mol. The van der Waals surface area contributed by atoms with Gasteiger partial charge in [0.05, 0.1) is 16.8 Å². The largest absolute Gasteiger partial charge is 0.488 e. The van der Waals surface area contributed by atoms with E-state index in [-0.39, 0.29) is 5.91 Å². The Bertz CT molecular complexity index is 821. The van der Waals surface area contributed by atoms with Gasteiger partial charge in [0.2, 0.25) is 0 Å². The normalized spacial score (nSPS) is 10.6. The van der Waals surface area contributed by atoms with Gasteiger partial charge < -0.3 is 14.6 Å². The number of nitrogens with one attached hydrogen (secondary N) is 1. The lowest BCUT2D eigenvalue weighted by Crippen LogP contribution is -2.26. The molecule has 3 aromatic rings. The molecule has 0 spiro atoms. The number of benzene rings is 1. The molecule has 0 bridgehead atoms. The molecule has 0 saturated carbocycles. The molecule has 0 fully saturated rings. The summed E-state index contributed by atoms with van der Waals surface area (Å²) in [6.07, 6.45) is 0.825. The topological polar surface area (TPSA) is 64.4 Å². The fourth-order valence-electron chi connectivity index (χ4n) is 2.49. The number of aromatic nitrogens is 1. The first-order valence-electron chi connectivity index (χ1n) is 8.09. The van der Waals surface area contributed by atoms with E-state index in [9.17, 15) is 4.79 Å². The minimum absolute atomic E-state index is 0.133. The average molecular weight is 356 g/mol. The third-order valence-electron chi connectivity index (χ3n) is 3.92. The summed E-state index contributed by atoms with van der Waals surface area (Å²) in [5.41, 5.74) is 2.24. The molecule has 3 rings (SSSR count). The number of carbonyl (C=O) groups is 1. The van der Waals surface area contributed by atoms with Crippen LogP contribution in [0.5, 0.6) is 5.75 Å². The molecule has 0 aliphatic heterocycles. The van der Waals surface area contributed by atoms with Crippen LogP contribution in [0.3, 0.4) is 0 Å². The summed E-state index contributed by atoms with van der Waals surface area (Å²) in [6.45, 7) is 4.64. The van der Waals surface area contributed by atoms with Crippen LogP contribution in [0.25, 0.3) is 0 Å². The van der Waals surface area contributed by atoms with Gasteiger partial charge >= 0.3 is 0 Å². The standard InChI is InChI=1S/C19H20N2O3S/c1-13-17(14(2)24-21-13)12-23-18-8-4-3-7-16(18)19(22)20-10-9-15-6-5-11-25-15/h3-8,11H,9-10,12H2,1-2H3,(H,20,22). The Morgan fingerprint density at radius 1 is 1.24 bits per heavy atom. The Morgan fingerprint density at radius 2 is 2.08 bits per heavy atom. The number of carbonyl (C=O) groups excluding carboxylic acids is 1. The number of amides is 1. The Morgan fingerprint density at radius 3 is 2.80 bits per heavy atom. The molecule has 0 radical (unpaired) electrons. The van der Waals surface area contributed by atoms with Gasteiger partial charge in [0.25, 0.3) is 5.91 Å². The van der Waals surface area contributed by atoms with Crippen LogP contribution < -0.4 is 10.1 Å². The molecule has 0 unspecified atom stereocenters. The first-order valence-corrected chi connectivity index (χ1v) is 8.97. The molecule has 0 atom stereocenters. The van der Waals surface area contributed by atoms with Gasteiger partial charge in [-0.1, -0.05) is 23.4 Å². The Hall–Kier alpha value is -2.60. The van der Waals surface area contributed by atoms with Crippen molar-refractivity contribution >= 4 is 17.2 Å². The number of para-hydroxylation sites is 1. The molecule has 1 amide bonds. The van der Waals surface area contributed by atoms with E-state index in [1.807, 2.05) is 37.4 Å². The molecular weight excluding hydrogens is 336 g/mol. The van der Waals surface area contributed by atoms with Crippen molar-refractivity contribution < 1.29 is 14.1 Å². The average Bonchev–Trinajstić information content (AvgIpc) is 3.24. The summed E-state index contributed by atoms with van der Waals surface area (Å²) in [6, 6.07) is 11.3. The lowest BCUT2D eigenvalue weighted by Gasteiger charge is -2.11. The van der Waals surface area contributed by atoms with E-state index in [1.54, 1.807) is 23.5 Å². The zero-order chi connectivity index (χ0) is 17.6. The third kappa shape index (κ3) is 4.28. The van der Waals surface area contributed by atoms with Crippen LogP contribution in [-0.2, 0) is 13.0 Å². The Labute approximate surface area is 150 Å². The fraction of sp³-hybridized carbons (Fsp3) is 0.263. The molecule has 130 valence electrons. The van der Waals surface area contributed by atoms with Crippen molar-refractivity contribution in [3.8, 4) is 5.75 Å². The summed E-state index contributed by atoms with van der Waals surface area (Å²) in [5.74, 6) is 1.15. The Balaban J connectivity index is 1.62. The van der Waals surface area contributed by atoms with Gasteiger partial charge in [-0.05, 0) is 43.8 Å². The van der Waals surface area contributed by atoms with E-state index in [0.29, 0.717) is 24.5 Å². The lowest BCUT2D eigenvalue weighted by atomic mass is 10.1. The molecule has 2 heterocycles. The number of rotatable bonds is 7. The maximum Gasteiger partial charge on any atom is 0.255 e. The maximum atomic E-state index is 12.5. The van der Waals surface area contributed by atoms with Gasteiger partial charge in [0, 0.05) is 11.4 Å². The SMILES string of the molecule is Cc1noc(C)c1COc1ccccc1C(=O)NCCc1cccs1. The predicted molar refractivity (Wildman–Crippen MR) is 97.1 cm³/mol. The minimum atomic E-state index is -0.133. The van der Waals surface area contributed by atoms with E-state index in [2.05, 4.69) is 16.5 Å². The van der Waals surface area contributed by atoms with E-state index in [1.165, 1.54) is 4.88 Å². The highest BCUT2D eigenvalue weighted by Crippen LogP contribution is 2.21. The van der Waals surface area contributed by atoms with Crippen molar-refractivity contribution in [2.45, 2.75) is 26.9 Å². The summed E-state index contributed by atoms with van der Waals surface area (Å²) in [5, 5.41) is 8.90.